The summed E-state index contributed by atoms with van der Waals surface area (Å²) >= 11 is 0. The van der Waals surface area contributed by atoms with E-state index in [-0.39, 0.29) is 55.1 Å². The predicted octanol–water partition coefficient (Wildman–Crippen LogP) is 1.84. The molecule has 1 aromatic heterocycles. The van der Waals surface area contributed by atoms with Gasteiger partial charge in [-0.25, -0.2) is 4.98 Å². The molecule has 26 heavy (non-hydrogen) atoms. The first-order chi connectivity index (χ1) is 11.1. The van der Waals surface area contributed by atoms with Gasteiger partial charge in [-0.1, -0.05) is 6.07 Å². The summed E-state index contributed by atoms with van der Waals surface area (Å²) in [6.45, 7) is 4.59. The first kappa shape index (κ1) is 25.2. The highest BCUT2D eigenvalue weighted by molar-refractivity contribution is 5.86. The Bertz CT molecular complexity index is 555. The third-order valence-corrected chi connectivity index (χ3v) is 4.97. The highest BCUT2D eigenvalue weighted by atomic mass is 35.5. The van der Waals surface area contributed by atoms with Gasteiger partial charge in [0.25, 0.3) is 0 Å². The number of nitrogens with one attached hydrogen (secondary N) is 1. The molecule has 6 nitrogen and oxygen atoms in total. The summed E-state index contributed by atoms with van der Waals surface area (Å²) in [6.07, 6.45) is 4.50. The van der Waals surface area contributed by atoms with E-state index in [2.05, 4.69) is 33.2 Å². The number of carbonyl (C=O) groups excluding carboxylic acids is 1. The van der Waals surface area contributed by atoms with Crippen molar-refractivity contribution >= 4 is 48.9 Å². The first-order valence-corrected chi connectivity index (χ1v) is 8.54. The third-order valence-electron chi connectivity index (χ3n) is 4.97. The van der Waals surface area contributed by atoms with Gasteiger partial charge in [-0.2, -0.15) is 0 Å². The van der Waals surface area contributed by atoms with Crippen molar-refractivity contribution in [3.8, 4) is 0 Å². The van der Waals surface area contributed by atoms with E-state index in [0.717, 1.165) is 56.8 Å². The highest BCUT2D eigenvalue weighted by Gasteiger charge is 2.27. The number of halogens is 3. The van der Waals surface area contributed by atoms with Crippen LogP contribution in [0.15, 0.2) is 18.3 Å². The second-order valence-electron chi connectivity index (χ2n) is 6.76. The monoisotopic (exact) mass is 425 g/mol. The summed E-state index contributed by atoms with van der Waals surface area (Å²) in [5, 5.41) is 3.08. The molecule has 0 spiro atoms. The molecule has 2 heterocycles. The summed E-state index contributed by atoms with van der Waals surface area (Å²) in [5.41, 5.74) is 6.99. The van der Waals surface area contributed by atoms with Crippen LogP contribution in [0.3, 0.4) is 0 Å². The molecule has 2 atom stereocenters. The molecule has 1 aliphatic carbocycles. The normalized spacial score (nSPS) is 22.6. The molecule has 150 valence electrons. The fraction of sp³-hybridized carbons (Fsp3) is 0.647. The number of amides is 1. The van der Waals surface area contributed by atoms with Crippen LogP contribution in [0.1, 0.15) is 24.8 Å². The quantitative estimate of drug-likeness (QED) is 0.768. The van der Waals surface area contributed by atoms with Gasteiger partial charge in [-0.05, 0) is 32.4 Å². The van der Waals surface area contributed by atoms with Crippen LogP contribution in [0.4, 0.5) is 5.82 Å². The van der Waals surface area contributed by atoms with Crippen molar-refractivity contribution in [1.29, 1.82) is 0 Å². The van der Waals surface area contributed by atoms with Crippen LogP contribution in [0, 0.1) is 5.92 Å². The number of likely N-dealkylation sites (N-methyl/N-ethyl adjacent to an activating group) is 1. The van der Waals surface area contributed by atoms with Crippen LogP contribution >= 0.6 is 37.2 Å². The average Bonchev–Trinajstić information content (AvgIpc) is 3.00. The van der Waals surface area contributed by atoms with Crippen molar-refractivity contribution in [2.75, 3.05) is 38.1 Å². The number of piperazine rings is 1. The molecule has 9 heteroatoms. The number of rotatable bonds is 4. The van der Waals surface area contributed by atoms with E-state index < -0.39 is 0 Å². The Balaban J connectivity index is 0.00000208. The zero-order chi connectivity index (χ0) is 16.2. The summed E-state index contributed by atoms with van der Waals surface area (Å²) in [7, 11) is 2.14. The maximum atomic E-state index is 12.3. The van der Waals surface area contributed by atoms with Crippen molar-refractivity contribution in [1.82, 2.24) is 15.2 Å². The topological polar surface area (TPSA) is 74.5 Å². The van der Waals surface area contributed by atoms with Gasteiger partial charge in [0.1, 0.15) is 5.82 Å². The van der Waals surface area contributed by atoms with Crippen molar-refractivity contribution in [2.45, 2.75) is 31.8 Å². The minimum atomic E-state index is 0. The first-order valence-electron chi connectivity index (χ1n) is 8.54. The van der Waals surface area contributed by atoms with E-state index >= 15 is 0 Å². The third kappa shape index (κ3) is 6.43. The predicted molar refractivity (Wildman–Crippen MR) is 113 cm³/mol. The maximum absolute atomic E-state index is 12.3. The fourth-order valence-electron chi connectivity index (χ4n) is 3.45. The Hall–Kier alpha value is -0.790. The summed E-state index contributed by atoms with van der Waals surface area (Å²) in [5.74, 6) is 1.21. The van der Waals surface area contributed by atoms with Gasteiger partial charge in [0.05, 0.1) is 0 Å². The van der Waals surface area contributed by atoms with Crippen LogP contribution in [0.5, 0.6) is 0 Å². The number of carbonyl (C=O) groups is 1. The molecule has 1 saturated carbocycles. The van der Waals surface area contributed by atoms with E-state index in [9.17, 15) is 4.79 Å². The number of pyridine rings is 1. The summed E-state index contributed by atoms with van der Waals surface area (Å²) in [6, 6.07) is 4.18. The van der Waals surface area contributed by atoms with Gasteiger partial charge in [-0.15, -0.1) is 37.2 Å². The standard InChI is InChI=1S/C17H27N5O.3ClH/c1-21-7-9-22(10-8-21)16-14(3-2-6-19-16)12-20-17(23)13-4-5-15(18)11-13;;;/h2-3,6,13,15H,4-5,7-12,18H2,1H3,(H,20,23);3*1H. The molecule has 0 bridgehead atoms. The van der Waals surface area contributed by atoms with Crippen LogP contribution in [-0.4, -0.2) is 55.1 Å². The molecule has 0 aromatic carbocycles. The Labute approximate surface area is 174 Å². The average molecular weight is 427 g/mol. The molecule has 1 amide bonds. The van der Waals surface area contributed by atoms with E-state index in [1.54, 1.807) is 0 Å². The minimum Gasteiger partial charge on any atom is -0.354 e. The maximum Gasteiger partial charge on any atom is 0.223 e. The molecule has 2 unspecified atom stereocenters. The minimum absolute atomic E-state index is 0. The van der Waals surface area contributed by atoms with Gasteiger partial charge in [0.15, 0.2) is 0 Å². The van der Waals surface area contributed by atoms with Crippen molar-refractivity contribution in [3.05, 3.63) is 23.9 Å². The van der Waals surface area contributed by atoms with E-state index in [1.807, 2.05) is 12.3 Å². The van der Waals surface area contributed by atoms with Crippen molar-refractivity contribution in [2.24, 2.45) is 11.7 Å². The van der Waals surface area contributed by atoms with Crippen LogP contribution in [0.2, 0.25) is 0 Å². The molecular weight excluding hydrogens is 397 g/mol. The molecule has 2 fully saturated rings. The SMILES string of the molecule is CN1CCN(c2ncccc2CNC(=O)C2CCC(N)C2)CC1.Cl.Cl.Cl. The number of aromatic nitrogens is 1. The largest absolute Gasteiger partial charge is 0.354 e. The van der Waals surface area contributed by atoms with Crippen LogP contribution in [-0.2, 0) is 11.3 Å². The van der Waals surface area contributed by atoms with Gasteiger partial charge < -0.3 is 20.9 Å². The Morgan fingerprint density at radius 3 is 2.54 bits per heavy atom. The Morgan fingerprint density at radius 2 is 1.92 bits per heavy atom. The zero-order valence-corrected chi connectivity index (χ0v) is 17.5. The molecule has 0 radical (unpaired) electrons. The van der Waals surface area contributed by atoms with Crippen molar-refractivity contribution in [3.63, 3.8) is 0 Å². The highest BCUT2D eigenvalue weighted by Crippen LogP contribution is 2.24. The molecule has 1 aliphatic heterocycles. The number of hydrogen-bond acceptors (Lipinski definition) is 5. The summed E-state index contributed by atoms with van der Waals surface area (Å²) < 4.78 is 0. The number of hydrogen-bond donors (Lipinski definition) is 2. The lowest BCUT2D eigenvalue weighted by Crippen LogP contribution is -2.45. The van der Waals surface area contributed by atoms with Gasteiger partial charge >= 0.3 is 0 Å². The number of nitrogens with two attached hydrogens (primary N) is 1. The second-order valence-corrected chi connectivity index (χ2v) is 6.76. The fourth-order valence-corrected chi connectivity index (χ4v) is 3.45. The molecule has 3 rings (SSSR count). The van der Waals surface area contributed by atoms with E-state index in [1.165, 1.54) is 0 Å². The number of anilines is 1. The lowest BCUT2D eigenvalue weighted by atomic mass is 10.1. The van der Waals surface area contributed by atoms with Crippen molar-refractivity contribution < 1.29 is 4.79 Å². The van der Waals surface area contributed by atoms with E-state index in [4.69, 9.17) is 5.73 Å². The lowest BCUT2D eigenvalue weighted by Gasteiger charge is -2.34. The zero-order valence-electron chi connectivity index (χ0n) is 15.1. The molecule has 1 saturated heterocycles. The Kier molecular flexibility index (Phi) is 11.5. The Morgan fingerprint density at radius 1 is 1.23 bits per heavy atom. The smallest absolute Gasteiger partial charge is 0.223 e. The number of nitrogens with zero attached hydrogens (tertiary/aromatic N) is 3. The van der Waals surface area contributed by atoms with Crippen LogP contribution < -0.4 is 16.0 Å². The molecule has 3 N–H and O–H groups in total. The molecule has 1 aromatic rings. The summed E-state index contributed by atoms with van der Waals surface area (Å²) in [4.78, 5) is 21.5. The van der Waals surface area contributed by atoms with Crippen LogP contribution in [0.25, 0.3) is 0 Å². The second kappa shape index (κ2) is 11.8. The van der Waals surface area contributed by atoms with E-state index in [0.29, 0.717) is 6.54 Å². The lowest BCUT2D eigenvalue weighted by molar-refractivity contribution is -0.125. The van der Waals surface area contributed by atoms with Gasteiger partial charge in [0, 0.05) is 56.4 Å². The van der Waals surface area contributed by atoms with Gasteiger partial charge in [-0.3, -0.25) is 4.79 Å². The molecular formula is C17H30Cl3N5O. The molecule has 2 aliphatic rings. The van der Waals surface area contributed by atoms with Gasteiger partial charge in [0.2, 0.25) is 5.91 Å².